The Kier molecular flexibility index (Phi) is 5.90. The van der Waals surface area contributed by atoms with Gasteiger partial charge in [-0.25, -0.2) is 9.48 Å². The van der Waals surface area contributed by atoms with E-state index >= 15 is 0 Å². The molecule has 150 valence electrons. The average Bonchev–Trinajstić information content (AvgIpc) is 3.25. The third-order valence-corrected chi connectivity index (χ3v) is 4.60. The number of carbonyl (C=O) groups excluding carboxylic acids is 1. The minimum atomic E-state index is -0.443. The van der Waals surface area contributed by atoms with Gasteiger partial charge in [-0.15, -0.1) is 0 Å². The summed E-state index contributed by atoms with van der Waals surface area (Å²) in [5, 5.41) is 4.64. The summed E-state index contributed by atoms with van der Waals surface area (Å²) in [5.74, 6) is 0.304. The Morgan fingerprint density at radius 3 is 2.23 bits per heavy atom. The highest BCUT2D eigenvalue weighted by Gasteiger charge is 2.19. The molecule has 0 bridgehead atoms. The molecule has 0 aliphatic carbocycles. The van der Waals surface area contributed by atoms with E-state index in [9.17, 15) is 4.79 Å². The van der Waals surface area contributed by atoms with Gasteiger partial charge in [0.15, 0.2) is 5.69 Å². The van der Waals surface area contributed by atoms with Gasteiger partial charge >= 0.3 is 5.97 Å². The smallest absolute Gasteiger partial charge is 0.357 e. The molecule has 5 heteroatoms. The lowest BCUT2D eigenvalue weighted by Gasteiger charge is -2.09. The minimum absolute atomic E-state index is 0.146. The van der Waals surface area contributed by atoms with Crippen molar-refractivity contribution < 1.29 is 14.3 Å². The van der Waals surface area contributed by atoms with Crippen molar-refractivity contribution in [2.75, 3.05) is 13.2 Å². The number of rotatable bonds is 7. The van der Waals surface area contributed by atoms with Gasteiger partial charge < -0.3 is 9.47 Å². The molecule has 4 aromatic rings. The maximum Gasteiger partial charge on any atom is 0.357 e. The highest BCUT2D eigenvalue weighted by atomic mass is 16.6. The van der Waals surface area contributed by atoms with Crippen molar-refractivity contribution in [1.29, 1.82) is 0 Å². The summed E-state index contributed by atoms with van der Waals surface area (Å²) in [7, 11) is 0. The molecule has 1 aromatic heterocycles. The third kappa shape index (κ3) is 4.58. The molecule has 0 atom stereocenters. The van der Waals surface area contributed by atoms with Crippen LogP contribution in [0.1, 0.15) is 16.1 Å². The molecule has 0 radical (unpaired) electrons. The lowest BCUT2D eigenvalue weighted by atomic mass is 10.1. The zero-order valence-electron chi connectivity index (χ0n) is 16.7. The molecule has 0 spiro atoms. The highest BCUT2D eigenvalue weighted by Crippen LogP contribution is 2.22. The van der Waals surface area contributed by atoms with Crippen LogP contribution in [0.25, 0.3) is 16.9 Å². The predicted molar refractivity (Wildman–Crippen MR) is 116 cm³/mol. The van der Waals surface area contributed by atoms with Crippen LogP contribution in [0, 0.1) is 6.92 Å². The highest BCUT2D eigenvalue weighted by molar-refractivity contribution is 5.89. The molecule has 5 nitrogen and oxygen atoms in total. The lowest BCUT2D eigenvalue weighted by molar-refractivity contribution is 0.0440. The second-order valence-electron chi connectivity index (χ2n) is 6.83. The van der Waals surface area contributed by atoms with Crippen LogP contribution in [0.15, 0.2) is 91.0 Å². The number of para-hydroxylation sites is 1. The van der Waals surface area contributed by atoms with E-state index in [2.05, 4.69) is 5.10 Å². The summed E-state index contributed by atoms with van der Waals surface area (Å²) in [4.78, 5) is 12.8. The molecule has 0 unspecified atom stereocenters. The van der Waals surface area contributed by atoms with E-state index in [0.717, 1.165) is 22.6 Å². The normalized spacial score (nSPS) is 10.6. The number of aromatic nitrogens is 2. The van der Waals surface area contributed by atoms with Gasteiger partial charge in [0.25, 0.3) is 0 Å². The van der Waals surface area contributed by atoms with Crippen molar-refractivity contribution in [2.45, 2.75) is 6.92 Å². The van der Waals surface area contributed by atoms with Crippen LogP contribution in [-0.2, 0) is 4.74 Å². The van der Waals surface area contributed by atoms with Gasteiger partial charge in [-0.1, -0.05) is 66.2 Å². The molecule has 30 heavy (non-hydrogen) atoms. The van der Waals surface area contributed by atoms with Crippen molar-refractivity contribution in [3.05, 3.63) is 102 Å². The van der Waals surface area contributed by atoms with E-state index in [0.29, 0.717) is 11.4 Å². The summed E-state index contributed by atoms with van der Waals surface area (Å²) in [5.41, 5.74) is 3.97. The Morgan fingerprint density at radius 2 is 1.53 bits per heavy atom. The quantitative estimate of drug-likeness (QED) is 0.322. The van der Waals surface area contributed by atoms with E-state index in [1.54, 1.807) is 10.7 Å². The average molecular weight is 398 g/mol. The molecule has 0 aliphatic heterocycles. The molecule has 0 saturated heterocycles. The number of carbonyl (C=O) groups is 1. The molecular weight excluding hydrogens is 376 g/mol. The predicted octanol–water partition coefficient (Wildman–Crippen LogP) is 5.08. The van der Waals surface area contributed by atoms with Crippen LogP contribution < -0.4 is 4.74 Å². The van der Waals surface area contributed by atoms with E-state index in [4.69, 9.17) is 9.47 Å². The van der Waals surface area contributed by atoms with Crippen molar-refractivity contribution >= 4 is 5.97 Å². The van der Waals surface area contributed by atoms with Crippen LogP contribution in [0.5, 0.6) is 5.75 Å². The monoisotopic (exact) mass is 398 g/mol. The standard InChI is InChI=1S/C25H22N2O3/c1-19-12-14-22(15-13-19)29-16-17-30-25(28)24-18-23(20-8-4-2-5-9-20)26-27(24)21-10-6-3-7-11-21/h2-15,18H,16-17H2,1H3. The molecule has 0 aliphatic rings. The molecule has 0 amide bonds. The third-order valence-electron chi connectivity index (χ3n) is 4.60. The molecule has 0 N–H and O–H groups in total. The number of benzene rings is 3. The Balaban J connectivity index is 1.49. The summed E-state index contributed by atoms with van der Waals surface area (Å²) in [6, 6.07) is 28.8. The van der Waals surface area contributed by atoms with Gasteiger partial charge in [-0.05, 0) is 37.3 Å². The zero-order chi connectivity index (χ0) is 20.8. The van der Waals surface area contributed by atoms with Crippen molar-refractivity contribution in [1.82, 2.24) is 9.78 Å². The Hall–Kier alpha value is -3.86. The summed E-state index contributed by atoms with van der Waals surface area (Å²) < 4.78 is 12.7. The van der Waals surface area contributed by atoms with Crippen LogP contribution in [-0.4, -0.2) is 29.0 Å². The summed E-state index contributed by atoms with van der Waals surface area (Å²) >= 11 is 0. The molecule has 1 heterocycles. The van der Waals surface area contributed by atoms with Gasteiger partial charge in [-0.3, -0.25) is 0 Å². The maximum absolute atomic E-state index is 12.8. The van der Waals surface area contributed by atoms with Crippen LogP contribution in [0.2, 0.25) is 0 Å². The second kappa shape index (κ2) is 9.09. The topological polar surface area (TPSA) is 53.4 Å². The maximum atomic E-state index is 12.8. The fraction of sp³-hybridized carbons (Fsp3) is 0.120. The summed E-state index contributed by atoms with van der Waals surface area (Å²) in [6.45, 7) is 2.44. The molecule has 3 aromatic carbocycles. The fourth-order valence-corrected chi connectivity index (χ4v) is 3.04. The molecule has 4 rings (SSSR count). The Labute approximate surface area is 175 Å². The second-order valence-corrected chi connectivity index (χ2v) is 6.83. The van der Waals surface area contributed by atoms with Crippen molar-refractivity contribution in [2.24, 2.45) is 0 Å². The van der Waals surface area contributed by atoms with Gasteiger partial charge in [0.2, 0.25) is 0 Å². The first-order chi connectivity index (χ1) is 14.7. The van der Waals surface area contributed by atoms with E-state index in [1.165, 1.54) is 0 Å². The van der Waals surface area contributed by atoms with Gasteiger partial charge in [0.05, 0.1) is 11.4 Å². The first kappa shape index (κ1) is 19.5. The molecule has 0 saturated carbocycles. The first-order valence-corrected chi connectivity index (χ1v) is 9.78. The minimum Gasteiger partial charge on any atom is -0.490 e. The Bertz CT molecular complexity index is 1100. The number of nitrogens with zero attached hydrogens (tertiary/aromatic N) is 2. The molecule has 0 fully saturated rings. The van der Waals surface area contributed by atoms with Gasteiger partial charge in [0, 0.05) is 5.56 Å². The summed E-state index contributed by atoms with van der Waals surface area (Å²) in [6.07, 6.45) is 0. The van der Waals surface area contributed by atoms with Crippen molar-refractivity contribution in [3.8, 4) is 22.7 Å². The fourth-order valence-electron chi connectivity index (χ4n) is 3.04. The van der Waals surface area contributed by atoms with Crippen LogP contribution in [0.4, 0.5) is 0 Å². The number of esters is 1. The van der Waals surface area contributed by atoms with Crippen LogP contribution in [0.3, 0.4) is 0 Å². The number of aryl methyl sites for hydroxylation is 1. The van der Waals surface area contributed by atoms with E-state index in [1.807, 2.05) is 91.9 Å². The largest absolute Gasteiger partial charge is 0.490 e. The molecular formula is C25H22N2O3. The number of ether oxygens (including phenoxy) is 2. The number of hydrogen-bond donors (Lipinski definition) is 0. The van der Waals surface area contributed by atoms with Gasteiger partial charge in [0.1, 0.15) is 19.0 Å². The number of hydrogen-bond acceptors (Lipinski definition) is 4. The van der Waals surface area contributed by atoms with Gasteiger partial charge in [-0.2, -0.15) is 5.10 Å². The van der Waals surface area contributed by atoms with E-state index < -0.39 is 5.97 Å². The lowest BCUT2D eigenvalue weighted by Crippen LogP contribution is -2.16. The van der Waals surface area contributed by atoms with E-state index in [-0.39, 0.29) is 13.2 Å². The van der Waals surface area contributed by atoms with Crippen molar-refractivity contribution in [3.63, 3.8) is 0 Å². The SMILES string of the molecule is Cc1ccc(OCCOC(=O)c2cc(-c3ccccc3)nn2-c2ccccc2)cc1. The Morgan fingerprint density at radius 1 is 0.867 bits per heavy atom. The van der Waals surface area contributed by atoms with Crippen LogP contribution >= 0.6 is 0 Å². The zero-order valence-corrected chi connectivity index (χ0v) is 16.7. The first-order valence-electron chi connectivity index (χ1n) is 9.78.